The smallest absolute Gasteiger partial charge is 0.221 e. The van der Waals surface area contributed by atoms with Crippen LogP contribution in [0.1, 0.15) is 11.4 Å². The number of imidazole rings is 1. The molecule has 3 rings (SSSR count). The van der Waals surface area contributed by atoms with Gasteiger partial charge in [0.1, 0.15) is 11.6 Å². The Morgan fingerprint density at radius 3 is 2.59 bits per heavy atom. The first-order valence-electron chi connectivity index (χ1n) is 6.94. The Kier molecular flexibility index (Phi) is 3.87. The van der Waals surface area contributed by atoms with Crippen LogP contribution in [-0.2, 0) is 6.54 Å². The maximum Gasteiger partial charge on any atom is 0.221 e. The Morgan fingerprint density at radius 2 is 1.95 bits per heavy atom. The molecule has 0 bridgehead atoms. The maximum absolute atomic E-state index is 13.1. The Bertz CT molecular complexity index is 781. The molecule has 0 spiro atoms. The second-order valence-corrected chi connectivity index (χ2v) is 5.01. The van der Waals surface area contributed by atoms with Crippen molar-refractivity contribution >= 4 is 0 Å². The minimum atomic E-state index is -0.263. The molecule has 2 heterocycles. The fourth-order valence-corrected chi connectivity index (χ4v) is 2.35. The van der Waals surface area contributed by atoms with Crippen molar-refractivity contribution in [1.82, 2.24) is 14.5 Å². The van der Waals surface area contributed by atoms with E-state index in [1.165, 1.54) is 12.1 Å². The van der Waals surface area contributed by atoms with E-state index in [4.69, 9.17) is 4.74 Å². The normalized spacial score (nSPS) is 10.7. The summed E-state index contributed by atoms with van der Waals surface area (Å²) in [4.78, 5) is 8.57. The van der Waals surface area contributed by atoms with Gasteiger partial charge in [0.2, 0.25) is 5.88 Å². The Balaban J connectivity index is 1.99. The maximum atomic E-state index is 13.1. The average molecular weight is 297 g/mol. The number of benzene rings is 1. The number of hydrogen-bond donors (Lipinski definition) is 0. The number of halogens is 1. The number of aromatic nitrogens is 3. The molecule has 0 aliphatic rings. The minimum absolute atomic E-state index is 0.263. The SMILES string of the molecule is COc1ncc(Cn2ccnc2C)cc1-c1ccc(F)cc1. The molecule has 0 saturated carbocycles. The highest BCUT2D eigenvalue weighted by molar-refractivity contribution is 5.69. The van der Waals surface area contributed by atoms with Crippen LogP contribution >= 0.6 is 0 Å². The molecule has 0 fully saturated rings. The molecule has 5 heteroatoms. The van der Waals surface area contributed by atoms with Crippen LogP contribution in [0.4, 0.5) is 4.39 Å². The molecular weight excluding hydrogens is 281 g/mol. The van der Waals surface area contributed by atoms with Crippen molar-refractivity contribution in [3.8, 4) is 17.0 Å². The molecule has 0 aliphatic carbocycles. The Hall–Kier alpha value is -2.69. The number of hydrogen-bond acceptors (Lipinski definition) is 3. The summed E-state index contributed by atoms with van der Waals surface area (Å²) in [5, 5.41) is 0. The van der Waals surface area contributed by atoms with Crippen LogP contribution in [0.3, 0.4) is 0 Å². The highest BCUT2D eigenvalue weighted by atomic mass is 19.1. The molecule has 112 valence electrons. The van der Waals surface area contributed by atoms with Crippen LogP contribution in [0.15, 0.2) is 48.9 Å². The van der Waals surface area contributed by atoms with E-state index in [2.05, 4.69) is 9.97 Å². The van der Waals surface area contributed by atoms with Gasteiger partial charge in [0.15, 0.2) is 0 Å². The van der Waals surface area contributed by atoms with Crippen molar-refractivity contribution in [2.45, 2.75) is 13.5 Å². The number of ether oxygens (including phenoxy) is 1. The van der Waals surface area contributed by atoms with E-state index < -0.39 is 0 Å². The lowest BCUT2D eigenvalue weighted by atomic mass is 10.1. The Morgan fingerprint density at radius 1 is 1.18 bits per heavy atom. The first-order valence-corrected chi connectivity index (χ1v) is 6.94. The molecule has 0 N–H and O–H groups in total. The molecule has 4 nitrogen and oxygen atoms in total. The summed E-state index contributed by atoms with van der Waals surface area (Å²) >= 11 is 0. The van der Waals surface area contributed by atoms with Crippen LogP contribution in [-0.4, -0.2) is 21.6 Å². The van der Waals surface area contributed by atoms with Crippen molar-refractivity contribution < 1.29 is 9.13 Å². The topological polar surface area (TPSA) is 39.9 Å². The van der Waals surface area contributed by atoms with Crippen LogP contribution in [0.2, 0.25) is 0 Å². The van der Waals surface area contributed by atoms with Gasteiger partial charge in [0.05, 0.1) is 13.7 Å². The monoisotopic (exact) mass is 297 g/mol. The molecule has 22 heavy (non-hydrogen) atoms. The van der Waals surface area contributed by atoms with Crippen LogP contribution < -0.4 is 4.74 Å². The van der Waals surface area contributed by atoms with E-state index >= 15 is 0 Å². The summed E-state index contributed by atoms with van der Waals surface area (Å²) in [6.07, 6.45) is 5.48. The van der Waals surface area contributed by atoms with Gasteiger partial charge in [0.25, 0.3) is 0 Å². The lowest BCUT2D eigenvalue weighted by molar-refractivity contribution is 0.399. The highest BCUT2D eigenvalue weighted by Crippen LogP contribution is 2.29. The fraction of sp³-hybridized carbons (Fsp3) is 0.176. The zero-order chi connectivity index (χ0) is 15.5. The summed E-state index contributed by atoms with van der Waals surface area (Å²) < 4.78 is 20.5. The summed E-state index contributed by atoms with van der Waals surface area (Å²) in [6, 6.07) is 8.32. The van der Waals surface area contributed by atoms with Crippen molar-refractivity contribution in [3.63, 3.8) is 0 Å². The lowest BCUT2D eigenvalue weighted by Crippen LogP contribution is -2.02. The van der Waals surface area contributed by atoms with E-state index in [1.54, 1.807) is 31.6 Å². The summed E-state index contributed by atoms with van der Waals surface area (Å²) in [5.41, 5.74) is 2.74. The third-order valence-corrected chi connectivity index (χ3v) is 3.53. The predicted octanol–water partition coefficient (Wildman–Crippen LogP) is 3.45. The van der Waals surface area contributed by atoms with Gasteiger partial charge in [-0.15, -0.1) is 0 Å². The number of rotatable bonds is 4. The second-order valence-electron chi connectivity index (χ2n) is 5.01. The third kappa shape index (κ3) is 2.83. The number of methoxy groups -OCH3 is 1. The molecule has 0 radical (unpaired) electrons. The number of nitrogens with zero attached hydrogens (tertiary/aromatic N) is 3. The van der Waals surface area contributed by atoms with Gasteiger partial charge in [-0.05, 0) is 36.2 Å². The van der Waals surface area contributed by atoms with Crippen molar-refractivity contribution in [1.29, 1.82) is 0 Å². The standard InChI is InChI=1S/C17H16FN3O/c1-12-19-7-8-21(12)11-13-9-16(17(22-2)20-10-13)14-3-5-15(18)6-4-14/h3-10H,11H2,1-2H3. The summed E-state index contributed by atoms with van der Waals surface area (Å²) in [7, 11) is 1.58. The lowest BCUT2D eigenvalue weighted by Gasteiger charge is -2.11. The van der Waals surface area contributed by atoms with Gasteiger partial charge >= 0.3 is 0 Å². The Labute approximate surface area is 128 Å². The van der Waals surface area contributed by atoms with Gasteiger partial charge in [-0.3, -0.25) is 0 Å². The highest BCUT2D eigenvalue weighted by Gasteiger charge is 2.10. The van der Waals surface area contributed by atoms with Gasteiger partial charge in [-0.1, -0.05) is 12.1 Å². The van der Waals surface area contributed by atoms with Crippen LogP contribution in [0.25, 0.3) is 11.1 Å². The fourth-order valence-electron chi connectivity index (χ4n) is 2.35. The van der Waals surface area contributed by atoms with E-state index in [9.17, 15) is 4.39 Å². The van der Waals surface area contributed by atoms with Gasteiger partial charge in [-0.2, -0.15) is 0 Å². The van der Waals surface area contributed by atoms with E-state index in [0.29, 0.717) is 12.4 Å². The molecule has 0 aliphatic heterocycles. The molecule has 0 saturated heterocycles. The first-order chi connectivity index (χ1) is 10.7. The summed E-state index contributed by atoms with van der Waals surface area (Å²) in [6.45, 7) is 2.63. The second kappa shape index (κ2) is 5.97. The van der Waals surface area contributed by atoms with Gasteiger partial charge < -0.3 is 9.30 Å². The number of pyridine rings is 1. The van der Waals surface area contributed by atoms with Gasteiger partial charge in [0, 0.05) is 24.2 Å². The molecule has 3 aromatic rings. The summed E-state index contributed by atoms with van der Waals surface area (Å²) in [5.74, 6) is 1.21. The van der Waals surface area contributed by atoms with Crippen LogP contribution in [0, 0.1) is 12.7 Å². The third-order valence-electron chi connectivity index (χ3n) is 3.53. The quantitative estimate of drug-likeness (QED) is 0.740. The molecule has 0 atom stereocenters. The van der Waals surface area contributed by atoms with Crippen LogP contribution in [0.5, 0.6) is 5.88 Å². The van der Waals surface area contributed by atoms with Crippen molar-refractivity contribution in [3.05, 3.63) is 66.1 Å². The van der Waals surface area contributed by atoms with E-state index in [0.717, 1.165) is 22.5 Å². The largest absolute Gasteiger partial charge is 0.481 e. The molecule has 0 unspecified atom stereocenters. The first kappa shape index (κ1) is 14.3. The minimum Gasteiger partial charge on any atom is -0.481 e. The number of aryl methyl sites for hydroxylation is 1. The van der Waals surface area contributed by atoms with Crippen molar-refractivity contribution in [2.24, 2.45) is 0 Å². The van der Waals surface area contributed by atoms with Crippen molar-refractivity contribution in [2.75, 3.05) is 7.11 Å². The zero-order valence-electron chi connectivity index (χ0n) is 12.5. The molecule has 2 aromatic heterocycles. The zero-order valence-corrected chi connectivity index (χ0v) is 12.5. The molecule has 1 aromatic carbocycles. The average Bonchev–Trinajstić information content (AvgIpc) is 2.93. The van der Waals surface area contributed by atoms with Gasteiger partial charge in [-0.25, -0.2) is 14.4 Å². The molecule has 0 amide bonds. The van der Waals surface area contributed by atoms with E-state index in [-0.39, 0.29) is 5.82 Å². The predicted molar refractivity (Wildman–Crippen MR) is 82.2 cm³/mol. The van der Waals surface area contributed by atoms with E-state index in [1.807, 2.05) is 23.8 Å². The molecular formula is C17H16FN3O.